The number of pyridine rings is 1. The molecule has 0 unspecified atom stereocenters. The van der Waals surface area contributed by atoms with Crippen molar-refractivity contribution in [1.29, 1.82) is 0 Å². The lowest BCUT2D eigenvalue weighted by Crippen LogP contribution is -2.47. The Hall–Kier alpha value is -2.79. The molecule has 1 amide bonds. The quantitative estimate of drug-likeness (QED) is 0.549. The number of likely N-dealkylation sites (tertiary alicyclic amines) is 1. The van der Waals surface area contributed by atoms with Crippen LogP contribution in [0, 0.1) is 17.6 Å². The fraction of sp³-hybridized carbons (Fsp3) is 0.520. The first-order valence-corrected chi connectivity index (χ1v) is 11.7. The van der Waals surface area contributed by atoms with E-state index < -0.39 is 53.0 Å². The lowest BCUT2D eigenvalue weighted by molar-refractivity contribution is -0.272. The molecule has 0 aliphatic carbocycles. The maximum Gasteiger partial charge on any atom is 0.417 e. The molecule has 1 aromatic carbocycles. The summed E-state index contributed by atoms with van der Waals surface area (Å²) in [6.07, 6.45) is -2.78. The molecule has 2 fully saturated rings. The number of benzene rings is 1. The van der Waals surface area contributed by atoms with Crippen LogP contribution in [0.5, 0.6) is 5.75 Å². The van der Waals surface area contributed by atoms with E-state index in [-0.39, 0.29) is 5.56 Å². The molecule has 2 aliphatic heterocycles. The molecule has 0 bridgehead atoms. The minimum absolute atomic E-state index is 0.0820. The Kier molecular flexibility index (Phi) is 7.25. The Balaban J connectivity index is 1.66. The molecule has 1 aromatic heterocycles. The average molecular weight is 514 g/mol. The molecular formula is C25H28F5N3O3. The second-order valence-corrected chi connectivity index (χ2v) is 9.45. The van der Waals surface area contributed by atoms with E-state index in [9.17, 15) is 26.7 Å². The number of methoxy groups -OCH3 is 1. The van der Waals surface area contributed by atoms with Gasteiger partial charge in [0.1, 0.15) is 6.10 Å². The third-order valence-corrected chi connectivity index (χ3v) is 7.24. The monoisotopic (exact) mass is 513 g/mol. The molecule has 196 valence electrons. The van der Waals surface area contributed by atoms with Crippen molar-refractivity contribution in [3.63, 3.8) is 0 Å². The van der Waals surface area contributed by atoms with Gasteiger partial charge in [-0.15, -0.1) is 0 Å². The molecule has 0 spiro atoms. The minimum atomic E-state index is -4.83. The van der Waals surface area contributed by atoms with Gasteiger partial charge in [-0.3, -0.25) is 14.7 Å². The number of nitrogens with zero attached hydrogens (tertiary/aromatic N) is 2. The van der Waals surface area contributed by atoms with E-state index in [0.29, 0.717) is 17.9 Å². The van der Waals surface area contributed by atoms with Crippen LogP contribution in [0.3, 0.4) is 0 Å². The summed E-state index contributed by atoms with van der Waals surface area (Å²) in [4.78, 5) is 19.9. The van der Waals surface area contributed by atoms with E-state index in [1.54, 1.807) is 6.07 Å². The van der Waals surface area contributed by atoms with Gasteiger partial charge >= 0.3 is 6.18 Å². The van der Waals surface area contributed by atoms with Crippen LogP contribution >= 0.6 is 0 Å². The minimum Gasteiger partial charge on any atom is -0.493 e. The number of carbonyl (C=O) groups excluding carboxylic acids is 1. The first-order valence-electron chi connectivity index (χ1n) is 11.7. The highest BCUT2D eigenvalue weighted by Gasteiger charge is 2.65. The van der Waals surface area contributed by atoms with Gasteiger partial charge in [0.2, 0.25) is 5.82 Å². The number of rotatable bonds is 6. The number of hydrogen-bond donors (Lipinski definition) is 1. The molecule has 4 atom stereocenters. The Labute approximate surface area is 205 Å². The lowest BCUT2D eigenvalue weighted by atomic mass is 9.77. The van der Waals surface area contributed by atoms with Gasteiger partial charge in [-0.25, -0.2) is 4.39 Å². The maximum absolute atomic E-state index is 14.5. The second-order valence-electron chi connectivity index (χ2n) is 9.45. The second kappa shape index (κ2) is 9.93. The fourth-order valence-corrected chi connectivity index (χ4v) is 5.07. The highest BCUT2D eigenvalue weighted by Crippen LogP contribution is 2.55. The van der Waals surface area contributed by atoms with Crippen LogP contribution in [0.25, 0.3) is 0 Å². The van der Waals surface area contributed by atoms with Gasteiger partial charge in [0.25, 0.3) is 5.91 Å². The van der Waals surface area contributed by atoms with Crippen molar-refractivity contribution in [2.24, 2.45) is 5.92 Å². The summed E-state index contributed by atoms with van der Waals surface area (Å²) in [5, 5.41) is 2.62. The number of amides is 1. The largest absolute Gasteiger partial charge is 0.493 e. The van der Waals surface area contributed by atoms with Crippen molar-refractivity contribution in [3.05, 3.63) is 53.4 Å². The van der Waals surface area contributed by atoms with E-state index in [1.807, 2.05) is 0 Å². The predicted molar refractivity (Wildman–Crippen MR) is 122 cm³/mol. The number of aromatic nitrogens is 1. The molecule has 4 rings (SSSR count). The van der Waals surface area contributed by atoms with E-state index in [2.05, 4.69) is 15.2 Å². The van der Waals surface area contributed by atoms with Crippen LogP contribution in [0.15, 0.2) is 30.5 Å². The number of nitrogens with one attached hydrogen (secondary N) is 1. The summed E-state index contributed by atoms with van der Waals surface area (Å²) in [7, 11) is 1.08. The van der Waals surface area contributed by atoms with Gasteiger partial charge in [0, 0.05) is 35.8 Å². The summed E-state index contributed by atoms with van der Waals surface area (Å²) in [6.45, 7) is 4.60. The molecule has 1 N–H and O–H groups in total. The highest BCUT2D eigenvalue weighted by molar-refractivity contribution is 5.95. The molecular weight excluding hydrogens is 485 g/mol. The molecule has 2 aliphatic rings. The Morgan fingerprint density at radius 2 is 1.94 bits per heavy atom. The molecule has 2 aromatic rings. The first-order chi connectivity index (χ1) is 17.0. The van der Waals surface area contributed by atoms with E-state index in [0.717, 1.165) is 52.1 Å². The van der Waals surface area contributed by atoms with Gasteiger partial charge in [-0.2, -0.15) is 17.6 Å². The molecule has 6 nitrogen and oxygen atoms in total. The Morgan fingerprint density at radius 3 is 2.58 bits per heavy atom. The predicted octanol–water partition coefficient (Wildman–Crippen LogP) is 5.04. The number of alkyl halides is 3. The van der Waals surface area contributed by atoms with Gasteiger partial charge < -0.3 is 14.8 Å². The van der Waals surface area contributed by atoms with Crippen molar-refractivity contribution in [2.75, 3.05) is 25.5 Å². The third kappa shape index (κ3) is 4.78. The topological polar surface area (TPSA) is 63.7 Å². The molecule has 0 radical (unpaired) electrons. The zero-order valence-corrected chi connectivity index (χ0v) is 20.2. The van der Waals surface area contributed by atoms with Crippen molar-refractivity contribution in [1.82, 2.24) is 9.88 Å². The lowest BCUT2D eigenvalue weighted by Gasteiger charge is -2.32. The maximum atomic E-state index is 14.5. The van der Waals surface area contributed by atoms with Gasteiger partial charge in [-0.1, -0.05) is 13.0 Å². The van der Waals surface area contributed by atoms with Crippen molar-refractivity contribution in [3.8, 4) is 5.75 Å². The van der Waals surface area contributed by atoms with Crippen LogP contribution in [0.1, 0.15) is 43.9 Å². The number of ether oxygens (including phenoxy) is 2. The van der Waals surface area contributed by atoms with Crippen molar-refractivity contribution in [2.45, 2.75) is 57.0 Å². The van der Waals surface area contributed by atoms with Gasteiger partial charge in [0.05, 0.1) is 12.8 Å². The van der Waals surface area contributed by atoms with Crippen LogP contribution in [-0.4, -0.2) is 53.9 Å². The average Bonchev–Trinajstić information content (AvgIpc) is 3.42. The zero-order valence-electron chi connectivity index (χ0n) is 20.2. The van der Waals surface area contributed by atoms with Crippen LogP contribution in [0.2, 0.25) is 0 Å². The molecule has 3 heterocycles. The summed E-state index contributed by atoms with van der Waals surface area (Å²) in [6, 6.07) is 5.11. The van der Waals surface area contributed by atoms with Crippen LogP contribution in [0.4, 0.5) is 27.6 Å². The molecule has 0 saturated carbocycles. The van der Waals surface area contributed by atoms with Gasteiger partial charge in [0.15, 0.2) is 17.2 Å². The Bertz CT molecular complexity index is 1120. The third-order valence-electron chi connectivity index (χ3n) is 7.24. The van der Waals surface area contributed by atoms with Crippen molar-refractivity contribution < 1.29 is 36.2 Å². The summed E-state index contributed by atoms with van der Waals surface area (Å²) >= 11 is 0. The number of halogens is 5. The summed E-state index contributed by atoms with van der Waals surface area (Å²) < 4.78 is 81.0. The summed E-state index contributed by atoms with van der Waals surface area (Å²) in [5.41, 5.74) is -1.75. The van der Waals surface area contributed by atoms with E-state index in [1.165, 1.54) is 19.2 Å². The van der Waals surface area contributed by atoms with Crippen LogP contribution < -0.4 is 10.1 Å². The molecule has 11 heteroatoms. The molecule has 36 heavy (non-hydrogen) atoms. The normalized spacial score (nSPS) is 26.8. The molecule has 2 saturated heterocycles. The number of carbonyl (C=O) groups is 1. The fourth-order valence-electron chi connectivity index (χ4n) is 5.07. The number of hydrogen-bond acceptors (Lipinski definition) is 5. The van der Waals surface area contributed by atoms with E-state index >= 15 is 0 Å². The van der Waals surface area contributed by atoms with Crippen molar-refractivity contribution >= 4 is 11.6 Å². The first kappa shape index (κ1) is 26.3. The number of anilines is 1. The smallest absolute Gasteiger partial charge is 0.417 e. The van der Waals surface area contributed by atoms with Crippen LogP contribution in [-0.2, 0) is 16.1 Å². The highest BCUT2D eigenvalue weighted by atomic mass is 19.4. The van der Waals surface area contributed by atoms with Gasteiger partial charge in [-0.05, 0) is 51.1 Å². The van der Waals surface area contributed by atoms with E-state index in [4.69, 9.17) is 9.47 Å². The Morgan fingerprint density at radius 1 is 1.25 bits per heavy atom. The standard InChI is InChI=1S/C25H28F5N3O3/c1-14-19(17-6-7-18(26)20(27)21(17)35-3)22(36-24(14,2)25(28,29)30)23(34)32-15-8-9-31-16(12-15)13-33-10-4-5-11-33/h6-9,12,14,19,22H,4-5,10-11,13H2,1-3H3,(H,31,32,34)/t14-,19-,22+,24+/m0/s1. The summed E-state index contributed by atoms with van der Waals surface area (Å²) in [5.74, 6) is -6.56. The SMILES string of the molecule is COc1c([C@H]2[C@H](C(=O)Nc3ccnc(CN4CCCC4)c3)O[C@@](C)(C(F)(F)F)[C@H]2C)ccc(F)c1F. The zero-order chi connectivity index (χ0) is 26.3.